The molecule has 1 aliphatic heterocycles. The van der Waals surface area contributed by atoms with Crippen LogP contribution in [-0.2, 0) is 12.8 Å². The molecular formula is C16H15ClN2O. The Labute approximate surface area is 123 Å². The zero-order valence-electron chi connectivity index (χ0n) is 11.0. The van der Waals surface area contributed by atoms with E-state index in [1.807, 2.05) is 18.2 Å². The zero-order chi connectivity index (χ0) is 13.9. The van der Waals surface area contributed by atoms with Crippen LogP contribution in [-0.4, -0.2) is 16.9 Å². The monoisotopic (exact) mass is 286 g/mol. The maximum absolute atomic E-state index is 12.0. The number of fused-ring (bicyclic) bond motifs is 1. The lowest BCUT2D eigenvalue weighted by atomic mass is 9.95. The number of nitrogens with zero attached hydrogens (tertiary/aromatic N) is 1. The largest absolute Gasteiger partial charge is 0.349 e. The third-order valence-corrected chi connectivity index (χ3v) is 3.79. The molecule has 1 aliphatic rings. The van der Waals surface area contributed by atoms with Crippen molar-refractivity contribution in [1.82, 2.24) is 10.3 Å². The van der Waals surface area contributed by atoms with Gasteiger partial charge in [-0.05, 0) is 30.5 Å². The molecule has 1 aromatic carbocycles. The van der Waals surface area contributed by atoms with Gasteiger partial charge in [0.05, 0.1) is 11.3 Å². The third kappa shape index (κ3) is 2.83. The minimum Gasteiger partial charge on any atom is -0.349 e. The fourth-order valence-corrected chi connectivity index (χ4v) is 2.71. The molecule has 0 fully saturated rings. The van der Waals surface area contributed by atoms with Crippen LogP contribution < -0.4 is 5.32 Å². The van der Waals surface area contributed by atoms with E-state index in [4.69, 9.17) is 11.6 Å². The molecule has 1 N–H and O–H groups in total. The molecule has 2 heterocycles. The van der Waals surface area contributed by atoms with Gasteiger partial charge in [0.25, 0.3) is 5.91 Å². The summed E-state index contributed by atoms with van der Waals surface area (Å²) in [6.45, 7) is 0. The predicted octanol–water partition coefficient (Wildman–Crippen LogP) is 3.02. The fourth-order valence-electron chi connectivity index (χ4n) is 2.54. The normalized spacial score (nSPS) is 17.4. The van der Waals surface area contributed by atoms with E-state index in [1.54, 1.807) is 12.1 Å². The van der Waals surface area contributed by atoms with Crippen LogP contribution in [0.4, 0.5) is 0 Å². The maximum Gasteiger partial charge on any atom is 0.253 e. The van der Waals surface area contributed by atoms with Crippen LogP contribution in [0.15, 0.2) is 42.5 Å². The van der Waals surface area contributed by atoms with Gasteiger partial charge in [-0.15, -0.1) is 0 Å². The van der Waals surface area contributed by atoms with E-state index in [-0.39, 0.29) is 11.9 Å². The molecule has 0 radical (unpaired) electrons. The second kappa shape index (κ2) is 5.63. The van der Waals surface area contributed by atoms with Gasteiger partial charge in [0.15, 0.2) is 0 Å². The van der Waals surface area contributed by atoms with E-state index in [1.165, 1.54) is 5.56 Å². The van der Waals surface area contributed by atoms with Gasteiger partial charge in [-0.25, -0.2) is 4.98 Å². The molecule has 4 heteroatoms. The second-order valence-corrected chi connectivity index (χ2v) is 5.41. The van der Waals surface area contributed by atoms with E-state index in [9.17, 15) is 4.79 Å². The Morgan fingerprint density at radius 3 is 2.80 bits per heavy atom. The lowest BCUT2D eigenvalue weighted by Gasteiger charge is -2.25. The summed E-state index contributed by atoms with van der Waals surface area (Å²) in [5.74, 6) is -0.0477. The van der Waals surface area contributed by atoms with Crippen LogP contribution >= 0.6 is 11.6 Å². The van der Waals surface area contributed by atoms with E-state index in [2.05, 4.69) is 22.4 Å². The van der Waals surface area contributed by atoms with E-state index < -0.39 is 0 Å². The van der Waals surface area contributed by atoms with Crippen molar-refractivity contribution in [2.24, 2.45) is 0 Å². The number of benzene rings is 1. The summed E-state index contributed by atoms with van der Waals surface area (Å²) in [7, 11) is 0. The number of carbonyl (C=O) groups is 1. The van der Waals surface area contributed by atoms with E-state index in [0.29, 0.717) is 10.7 Å². The highest BCUT2D eigenvalue weighted by Gasteiger charge is 2.25. The summed E-state index contributed by atoms with van der Waals surface area (Å²) in [6.07, 6.45) is 2.60. The van der Waals surface area contributed by atoms with Crippen molar-refractivity contribution >= 4 is 17.5 Å². The number of halogens is 1. The first-order valence-electron chi connectivity index (χ1n) is 6.72. The zero-order valence-corrected chi connectivity index (χ0v) is 11.7. The highest BCUT2D eigenvalue weighted by atomic mass is 35.5. The molecule has 0 saturated heterocycles. The lowest BCUT2D eigenvalue weighted by molar-refractivity contribution is 0.0921. The quantitative estimate of drug-likeness (QED) is 0.881. The van der Waals surface area contributed by atoms with Crippen molar-refractivity contribution < 1.29 is 4.79 Å². The van der Waals surface area contributed by atoms with Crippen LogP contribution in [0.5, 0.6) is 0 Å². The molecule has 1 atom stereocenters. The first kappa shape index (κ1) is 13.1. The second-order valence-electron chi connectivity index (χ2n) is 5.03. The van der Waals surface area contributed by atoms with Crippen molar-refractivity contribution in [3.05, 3.63) is 64.4 Å². The van der Waals surface area contributed by atoms with E-state index in [0.717, 1.165) is 25.0 Å². The molecule has 1 aromatic heterocycles. The molecular weight excluding hydrogens is 272 g/mol. The molecule has 0 saturated carbocycles. The molecule has 102 valence electrons. The lowest BCUT2D eigenvalue weighted by Crippen LogP contribution is -2.42. The van der Waals surface area contributed by atoms with Crippen LogP contribution in [0.3, 0.4) is 0 Å². The molecule has 1 amide bonds. The number of amides is 1. The van der Waals surface area contributed by atoms with Crippen molar-refractivity contribution in [2.45, 2.75) is 25.3 Å². The Balaban J connectivity index is 1.70. The number of hydrogen-bond donors (Lipinski definition) is 1. The van der Waals surface area contributed by atoms with Crippen LogP contribution in [0.25, 0.3) is 0 Å². The first-order valence-corrected chi connectivity index (χ1v) is 7.10. The number of rotatable bonds is 3. The topological polar surface area (TPSA) is 42.0 Å². The van der Waals surface area contributed by atoms with Gasteiger partial charge in [-0.1, -0.05) is 41.9 Å². The molecule has 1 unspecified atom stereocenters. The summed E-state index contributed by atoms with van der Waals surface area (Å²) in [5.41, 5.74) is 2.73. The van der Waals surface area contributed by atoms with Crippen molar-refractivity contribution in [2.75, 3.05) is 0 Å². The standard InChI is InChI=1S/C16H15ClN2O/c17-15-9-8-13-14(19-15)10-12(18-16(13)20)7-6-11-4-2-1-3-5-11/h1-5,8-9,12H,6-7,10H2,(H,18,20). The van der Waals surface area contributed by atoms with Gasteiger partial charge in [-0.2, -0.15) is 0 Å². The number of aromatic nitrogens is 1. The molecule has 3 nitrogen and oxygen atoms in total. The molecule has 0 aliphatic carbocycles. The van der Waals surface area contributed by atoms with Gasteiger partial charge in [0.1, 0.15) is 5.15 Å². The Bertz CT molecular complexity index is 628. The fraction of sp³-hybridized carbons (Fsp3) is 0.250. The summed E-state index contributed by atoms with van der Waals surface area (Å²) in [5, 5.41) is 3.48. The third-order valence-electron chi connectivity index (χ3n) is 3.58. The van der Waals surface area contributed by atoms with Gasteiger partial charge >= 0.3 is 0 Å². The van der Waals surface area contributed by atoms with Crippen molar-refractivity contribution in [1.29, 1.82) is 0 Å². The highest BCUT2D eigenvalue weighted by molar-refractivity contribution is 6.29. The van der Waals surface area contributed by atoms with Gasteiger partial charge in [0, 0.05) is 12.5 Å². The Morgan fingerprint density at radius 1 is 1.20 bits per heavy atom. The number of aryl methyl sites for hydroxylation is 1. The molecule has 3 rings (SSSR count). The number of pyridine rings is 1. The van der Waals surface area contributed by atoms with Crippen LogP contribution in [0.2, 0.25) is 5.15 Å². The van der Waals surface area contributed by atoms with Gasteiger partial charge < -0.3 is 5.32 Å². The predicted molar refractivity (Wildman–Crippen MR) is 79.0 cm³/mol. The number of carbonyl (C=O) groups excluding carboxylic acids is 1. The minimum absolute atomic E-state index is 0.0477. The Hall–Kier alpha value is -1.87. The molecule has 0 spiro atoms. The summed E-state index contributed by atoms with van der Waals surface area (Å²) >= 11 is 5.90. The average molecular weight is 287 g/mol. The Morgan fingerprint density at radius 2 is 2.00 bits per heavy atom. The first-order chi connectivity index (χ1) is 9.72. The van der Waals surface area contributed by atoms with Crippen LogP contribution in [0.1, 0.15) is 28.0 Å². The Kier molecular flexibility index (Phi) is 3.70. The number of nitrogens with one attached hydrogen (secondary N) is 1. The van der Waals surface area contributed by atoms with Gasteiger partial charge in [0.2, 0.25) is 0 Å². The highest BCUT2D eigenvalue weighted by Crippen LogP contribution is 2.19. The molecule has 2 aromatic rings. The van der Waals surface area contributed by atoms with Crippen molar-refractivity contribution in [3.63, 3.8) is 0 Å². The maximum atomic E-state index is 12.0. The summed E-state index contributed by atoms with van der Waals surface area (Å²) in [4.78, 5) is 16.3. The number of hydrogen-bond acceptors (Lipinski definition) is 2. The van der Waals surface area contributed by atoms with Gasteiger partial charge in [-0.3, -0.25) is 4.79 Å². The summed E-state index contributed by atoms with van der Waals surface area (Å²) < 4.78 is 0. The molecule has 20 heavy (non-hydrogen) atoms. The molecule has 0 bridgehead atoms. The minimum atomic E-state index is -0.0477. The average Bonchev–Trinajstić information content (AvgIpc) is 2.46. The SMILES string of the molecule is O=C1NC(CCc2ccccc2)Cc2nc(Cl)ccc21. The summed E-state index contributed by atoms with van der Waals surface area (Å²) in [6, 6.07) is 13.8. The van der Waals surface area contributed by atoms with Crippen molar-refractivity contribution in [3.8, 4) is 0 Å². The smallest absolute Gasteiger partial charge is 0.253 e. The van der Waals surface area contributed by atoms with Crippen LogP contribution in [0, 0.1) is 0 Å². The van der Waals surface area contributed by atoms with E-state index >= 15 is 0 Å².